The van der Waals surface area contributed by atoms with Crippen LogP contribution in [0.4, 0.5) is 0 Å². The normalized spacial score (nSPS) is 11.3. The topological polar surface area (TPSA) is 57.4 Å². The molecule has 0 aliphatic carbocycles. The number of fused-ring (bicyclic) bond motifs is 6. The molecule has 0 amide bonds. The summed E-state index contributed by atoms with van der Waals surface area (Å²) < 4.78 is 4.53. The molecular weight excluding hydrogens is 585 g/mol. The second-order valence-corrected chi connectivity index (χ2v) is 12.0. The molecular formula is C44H26N4. The van der Waals surface area contributed by atoms with E-state index >= 15 is 0 Å². The highest BCUT2D eigenvalue weighted by Crippen LogP contribution is 2.39. The van der Waals surface area contributed by atoms with E-state index in [1.165, 1.54) is 10.8 Å². The van der Waals surface area contributed by atoms with Crippen molar-refractivity contribution >= 4 is 43.6 Å². The molecule has 0 unspecified atom stereocenters. The van der Waals surface area contributed by atoms with Crippen LogP contribution in [0.1, 0.15) is 11.1 Å². The van der Waals surface area contributed by atoms with Gasteiger partial charge in [0.25, 0.3) is 0 Å². The summed E-state index contributed by atoms with van der Waals surface area (Å²) in [7, 11) is 0. The molecule has 0 atom stereocenters. The zero-order valence-electron chi connectivity index (χ0n) is 25.8. The van der Waals surface area contributed by atoms with Crippen molar-refractivity contribution in [3.8, 4) is 45.8 Å². The van der Waals surface area contributed by atoms with Crippen molar-refractivity contribution < 1.29 is 0 Å². The Morgan fingerprint density at radius 1 is 0.396 bits per heavy atom. The third-order valence-corrected chi connectivity index (χ3v) is 9.41. The minimum atomic E-state index is 0.598. The number of benzene rings is 7. The number of hydrogen-bond donors (Lipinski definition) is 0. The largest absolute Gasteiger partial charge is 0.309 e. The van der Waals surface area contributed by atoms with Crippen molar-refractivity contribution in [1.82, 2.24) is 9.13 Å². The van der Waals surface area contributed by atoms with Gasteiger partial charge in [0, 0.05) is 38.4 Å². The number of hydrogen-bond acceptors (Lipinski definition) is 2. The van der Waals surface area contributed by atoms with Gasteiger partial charge < -0.3 is 9.13 Å². The van der Waals surface area contributed by atoms with Gasteiger partial charge in [-0.05, 0) is 65.7 Å². The smallest absolute Gasteiger partial charge is 0.0998 e. The van der Waals surface area contributed by atoms with Crippen molar-refractivity contribution in [1.29, 1.82) is 10.5 Å². The van der Waals surface area contributed by atoms with Gasteiger partial charge in [0.15, 0.2) is 0 Å². The van der Waals surface area contributed by atoms with E-state index in [0.717, 1.165) is 66.5 Å². The highest BCUT2D eigenvalue weighted by Gasteiger charge is 2.19. The molecule has 9 aromatic rings. The first-order valence-corrected chi connectivity index (χ1v) is 15.9. The molecule has 0 aliphatic heterocycles. The molecule has 0 saturated carbocycles. The molecule has 4 nitrogen and oxygen atoms in total. The molecule has 7 aromatic carbocycles. The molecule has 0 aliphatic rings. The summed E-state index contributed by atoms with van der Waals surface area (Å²) in [5, 5.41) is 24.9. The van der Waals surface area contributed by atoms with Gasteiger partial charge in [-0.15, -0.1) is 0 Å². The molecule has 0 radical (unpaired) electrons. The van der Waals surface area contributed by atoms with Gasteiger partial charge in [-0.3, -0.25) is 0 Å². The van der Waals surface area contributed by atoms with E-state index in [-0.39, 0.29) is 0 Å². The molecule has 0 fully saturated rings. The Morgan fingerprint density at radius 2 is 0.979 bits per heavy atom. The summed E-state index contributed by atoms with van der Waals surface area (Å²) in [5.74, 6) is 0. The molecule has 48 heavy (non-hydrogen) atoms. The lowest BCUT2D eigenvalue weighted by Crippen LogP contribution is -1.98. The van der Waals surface area contributed by atoms with Crippen LogP contribution in [0.25, 0.3) is 77.2 Å². The van der Waals surface area contributed by atoms with Crippen LogP contribution < -0.4 is 0 Å². The minimum Gasteiger partial charge on any atom is -0.309 e. The van der Waals surface area contributed by atoms with E-state index in [0.29, 0.717) is 11.1 Å². The van der Waals surface area contributed by atoms with Crippen LogP contribution >= 0.6 is 0 Å². The highest BCUT2D eigenvalue weighted by atomic mass is 15.0. The van der Waals surface area contributed by atoms with Crippen LogP contribution in [0.2, 0.25) is 0 Å². The van der Waals surface area contributed by atoms with E-state index < -0.39 is 0 Å². The fraction of sp³-hybridized carbons (Fsp3) is 0. The minimum absolute atomic E-state index is 0.598. The Labute approximate surface area is 277 Å². The van der Waals surface area contributed by atoms with Crippen molar-refractivity contribution in [2.75, 3.05) is 0 Å². The number of rotatable bonds is 4. The number of aromatic nitrogens is 2. The summed E-state index contributed by atoms with van der Waals surface area (Å²) >= 11 is 0. The summed E-state index contributed by atoms with van der Waals surface area (Å²) in [6, 6.07) is 58.9. The van der Waals surface area contributed by atoms with Gasteiger partial charge in [-0.2, -0.15) is 10.5 Å². The Bertz CT molecular complexity index is 2760. The van der Waals surface area contributed by atoms with E-state index in [4.69, 9.17) is 0 Å². The van der Waals surface area contributed by atoms with Crippen LogP contribution in [-0.4, -0.2) is 9.13 Å². The highest BCUT2D eigenvalue weighted by molar-refractivity contribution is 6.12. The molecule has 2 aromatic heterocycles. The SMILES string of the molecule is N#Cc1cc(-c2cccc(-n3c4ccccc4c4ccccc43)c2)ccc1-c1ccccc1-n1c2ccccc2c2c(C#N)cccc21. The molecule has 4 heteroatoms. The van der Waals surface area contributed by atoms with Gasteiger partial charge in [0.05, 0.1) is 51.0 Å². The van der Waals surface area contributed by atoms with Crippen LogP contribution in [0.15, 0.2) is 158 Å². The van der Waals surface area contributed by atoms with Gasteiger partial charge in [-0.25, -0.2) is 0 Å². The van der Waals surface area contributed by atoms with Crippen molar-refractivity contribution in [3.05, 3.63) is 169 Å². The van der Waals surface area contributed by atoms with Crippen molar-refractivity contribution in [3.63, 3.8) is 0 Å². The number of para-hydroxylation sites is 4. The Kier molecular flexibility index (Phi) is 6.22. The predicted molar refractivity (Wildman–Crippen MR) is 195 cm³/mol. The Balaban J connectivity index is 1.20. The zero-order chi connectivity index (χ0) is 32.2. The molecule has 0 spiro atoms. The quantitative estimate of drug-likeness (QED) is 0.199. The first kappa shape index (κ1) is 27.4. The lowest BCUT2D eigenvalue weighted by atomic mass is 9.94. The van der Waals surface area contributed by atoms with Crippen molar-refractivity contribution in [2.45, 2.75) is 0 Å². The van der Waals surface area contributed by atoms with Crippen LogP contribution in [0.3, 0.4) is 0 Å². The van der Waals surface area contributed by atoms with E-state index in [9.17, 15) is 10.5 Å². The second-order valence-electron chi connectivity index (χ2n) is 12.0. The monoisotopic (exact) mass is 610 g/mol. The van der Waals surface area contributed by atoms with Crippen LogP contribution in [0.5, 0.6) is 0 Å². The van der Waals surface area contributed by atoms with Crippen LogP contribution in [-0.2, 0) is 0 Å². The molecule has 2 heterocycles. The third-order valence-electron chi connectivity index (χ3n) is 9.41. The van der Waals surface area contributed by atoms with Crippen LogP contribution in [0, 0.1) is 22.7 Å². The third kappa shape index (κ3) is 4.07. The van der Waals surface area contributed by atoms with Crippen molar-refractivity contribution in [2.24, 2.45) is 0 Å². The lowest BCUT2D eigenvalue weighted by molar-refractivity contribution is 1.18. The summed E-state index contributed by atoms with van der Waals surface area (Å²) in [5.41, 5.74) is 11.4. The first-order chi connectivity index (χ1) is 23.7. The van der Waals surface area contributed by atoms with Gasteiger partial charge in [0.2, 0.25) is 0 Å². The average Bonchev–Trinajstić information content (AvgIpc) is 3.68. The summed E-state index contributed by atoms with van der Waals surface area (Å²) in [6.07, 6.45) is 0. The van der Waals surface area contributed by atoms with E-state index in [1.54, 1.807) is 0 Å². The van der Waals surface area contributed by atoms with Gasteiger partial charge >= 0.3 is 0 Å². The zero-order valence-corrected chi connectivity index (χ0v) is 25.8. The fourth-order valence-corrected chi connectivity index (χ4v) is 7.34. The average molecular weight is 611 g/mol. The Hall–Kier alpha value is -6.88. The standard InChI is InChI=1S/C44H26N4/c45-27-31-12-10-22-43-44(31)38-17-4-8-21-42(38)48(43)41-20-7-1-14-35(41)34-24-23-30(25-32(34)28-46)29-11-9-13-33(26-29)47-39-18-5-2-15-36(39)37-16-3-6-19-40(37)47/h1-26H. The molecule has 0 N–H and O–H groups in total. The number of nitriles is 2. The summed E-state index contributed by atoms with van der Waals surface area (Å²) in [6.45, 7) is 0. The van der Waals surface area contributed by atoms with Gasteiger partial charge in [-0.1, -0.05) is 103 Å². The summed E-state index contributed by atoms with van der Waals surface area (Å²) in [4.78, 5) is 0. The predicted octanol–water partition coefficient (Wildman–Crippen LogP) is 11.0. The second kappa shape index (κ2) is 10.9. The molecule has 222 valence electrons. The maximum atomic E-state index is 10.5. The van der Waals surface area contributed by atoms with E-state index in [1.807, 2.05) is 42.5 Å². The molecule has 9 rings (SSSR count). The first-order valence-electron chi connectivity index (χ1n) is 15.9. The molecule has 0 bridgehead atoms. The number of nitrogens with zero attached hydrogens (tertiary/aromatic N) is 4. The fourth-order valence-electron chi connectivity index (χ4n) is 7.34. The Morgan fingerprint density at radius 3 is 1.71 bits per heavy atom. The van der Waals surface area contributed by atoms with E-state index in [2.05, 4.69) is 137 Å². The molecule has 0 saturated heterocycles. The maximum Gasteiger partial charge on any atom is 0.0998 e. The maximum absolute atomic E-state index is 10.5. The van der Waals surface area contributed by atoms with Gasteiger partial charge in [0.1, 0.15) is 0 Å². The lowest BCUT2D eigenvalue weighted by Gasteiger charge is -2.16.